The molecular weight excluding hydrogens is 381 g/mol. The van der Waals surface area contributed by atoms with Gasteiger partial charge in [-0.05, 0) is 25.0 Å². The Kier molecular flexibility index (Phi) is 5.74. The molecule has 1 N–H and O–H groups in total. The number of amides is 1. The van der Waals surface area contributed by atoms with Crippen molar-refractivity contribution in [3.8, 4) is 5.75 Å². The van der Waals surface area contributed by atoms with Crippen LogP contribution in [0.5, 0.6) is 5.75 Å². The molecule has 0 atom stereocenters. The zero-order valence-corrected chi connectivity index (χ0v) is 15.0. The number of nitrogens with zero attached hydrogens (tertiary/aromatic N) is 1. The molecule has 1 aromatic carbocycles. The van der Waals surface area contributed by atoms with Crippen molar-refractivity contribution in [1.29, 1.82) is 0 Å². The van der Waals surface area contributed by atoms with Gasteiger partial charge in [-0.1, -0.05) is 23.2 Å². The van der Waals surface area contributed by atoms with Crippen molar-refractivity contribution in [2.75, 3.05) is 13.1 Å². The molecule has 1 heterocycles. The van der Waals surface area contributed by atoms with E-state index in [0.29, 0.717) is 25.9 Å². The normalized spacial score (nSPS) is 16.1. The summed E-state index contributed by atoms with van der Waals surface area (Å²) in [5.41, 5.74) is 0. The highest BCUT2D eigenvalue weighted by Crippen LogP contribution is 2.36. The van der Waals surface area contributed by atoms with Crippen LogP contribution in [-0.4, -0.2) is 42.8 Å². The Labute approximate surface area is 149 Å². The third-order valence-corrected chi connectivity index (χ3v) is 5.14. The van der Waals surface area contributed by atoms with Gasteiger partial charge >= 0.3 is 5.97 Å². The molecule has 0 aromatic heterocycles. The van der Waals surface area contributed by atoms with Crippen LogP contribution in [0.3, 0.4) is 0 Å². The fraction of sp³-hybridized carbons (Fsp3) is 0.429. The molecule has 1 fully saturated rings. The molecule has 0 radical (unpaired) electrons. The largest absolute Gasteiger partial charge is 0.423 e. The van der Waals surface area contributed by atoms with Crippen LogP contribution in [0.1, 0.15) is 19.8 Å². The number of rotatable bonds is 3. The number of piperidine rings is 1. The van der Waals surface area contributed by atoms with E-state index in [2.05, 4.69) is 0 Å². The van der Waals surface area contributed by atoms with Crippen LogP contribution in [0.25, 0.3) is 0 Å². The second-order valence-corrected chi connectivity index (χ2v) is 7.63. The molecule has 1 aliphatic heterocycles. The predicted molar refractivity (Wildman–Crippen MR) is 86.9 cm³/mol. The molecule has 0 aliphatic carbocycles. The highest BCUT2D eigenvalue weighted by atomic mass is 35.5. The Hall–Kier alpha value is -1.35. The van der Waals surface area contributed by atoms with E-state index in [1.165, 1.54) is 6.92 Å². The van der Waals surface area contributed by atoms with Crippen LogP contribution in [0.4, 0.5) is 0 Å². The summed E-state index contributed by atoms with van der Waals surface area (Å²) >= 11 is 11.8. The van der Waals surface area contributed by atoms with E-state index in [1.54, 1.807) is 4.90 Å². The molecule has 0 saturated carbocycles. The number of carbonyl (C=O) groups is 2. The third kappa shape index (κ3) is 4.38. The molecule has 10 heteroatoms. The standard InChI is InChI=1S/C14H15Cl2NO6S/c1-8(18)17-4-2-9(3-5-17)14(19)23-13-11(15)6-10(7-12(13)16)24(20,21)22/h6-7,9H,2-5H2,1H3,(H,20,21,22). The van der Waals surface area contributed by atoms with E-state index in [9.17, 15) is 18.0 Å². The smallest absolute Gasteiger partial charge is 0.314 e. The average Bonchev–Trinajstić information content (AvgIpc) is 2.49. The van der Waals surface area contributed by atoms with Crippen molar-refractivity contribution in [2.45, 2.75) is 24.7 Å². The molecule has 24 heavy (non-hydrogen) atoms. The zero-order chi connectivity index (χ0) is 18.1. The van der Waals surface area contributed by atoms with Gasteiger partial charge in [0.25, 0.3) is 10.1 Å². The maximum atomic E-state index is 12.2. The number of halogens is 2. The number of benzene rings is 1. The topological polar surface area (TPSA) is 101 Å². The lowest BCUT2D eigenvalue weighted by molar-refractivity contribution is -0.142. The molecule has 0 unspecified atom stereocenters. The van der Waals surface area contributed by atoms with Crippen molar-refractivity contribution in [3.05, 3.63) is 22.2 Å². The lowest BCUT2D eigenvalue weighted by atomic mass is 9.97. The van der Waals surface area contributed by atoms with Gasteiger partial charge in [-0.2, -0.15) is 8.42 Å². The SMILES string of the molecule is CC(=O)N1CCC(C(=O)Oc2c(Cl)cc(S(=O)(=O)O)cc2Cl)CC1. The minimum absolute atomic E-state index is 0.0475. The quantitative estimate of drug-likeness (QED) is 0.478. The number of hydrogen-bond donors (Lipinski definition) is 1. The first-order chi connectivity index (χ1) is 11.1. The first-order valence-electron chi connectivity index (χ1n) is 7.03. The molecule has 1 aromatic rings. The fourth-order valence-electron chi connectivity index (χ4n) is 2.40. The monoisotopic (exact) mass is 395 g/mol. The van der Waals surface area contributed by atoms with Crippen LogP contribution in [0, 0.1) is 5.92 Å². The lowest BCUT2D eigenvalue weighted by Crippen LogP contribution is -2.40. The van der Waals surface area contributed by atoms with Gasteiger partial charge in [0.2, 0.25) is 5.91 Å². The minimum atomic E-state index is -4.47. The van der Waals surface area contributed by atoms with Gasteiger partial charge in [0.05, 0.1) is 20.9 Å². The Morgan fingerprint density at radius 2 is 1.71 bits per heavy atom. The first kappa shape index (κ1) is 19.0. The molecule has 0 spiro atoms. The van der Waals surface area contributed by atoms with Gasteiger partial charge in [0.15, 0.2) is 5.75 Å². The van der Waals surface area contributed by atoms with E-state index in [1.807, 2.05) is 0 Å². The summed E-state index contributed by atoms with van der Waals surface area (Å²) in [7, 11) is -4.47. The van der Waals surface area contributed by atoms with Crippen LogP contribution in [0.15, 0.2) is 17.0 Å². The summed E-state index contributed by atoms with van der Waals surface area (Å²) < 4.78 is 36.4. The molecule has 132 valence electrons. The predicted octanol–water partition coefficient (Wildman–Crippen LogP) is 2.40. The van der Waals surface area contributed by atoms with Crippen molar-refractivity contribution >= 4 is 45.2 Å². The Morgan fingerprint density at radius 1 is 1.21 bits per heavy atom. The molecule has 1 amide bonds. The fourth-order valence-corrected chi connectivity index (χ4v) is 3.62. The van der Waals surface area contributed by atoms with Gasteiger partial charge in [-0.15, -0.1) is 0 Å². The summed E-state index contributed by atoms with van der Waals surface area (Å²) in [4.78, 5) is 24.6. The van der Waals surface area contributed by atoms with Gasteiger partial charge in [0.1, 0.15) is 0 Å². The summed E-state index contributed by atoms with van der Waals surface area (Å²) in [5.74, 6) is -1.17. The lowest BCUT2D eigenvalue weighted by Gasteiger charge is -2.30. The summed E-state index contributed by atoms with van der Waals surface area (Å²) in [5, 5.41) is -0.408. The van der Waals surface area contributed by atoms with Gasteiger partial charge < -0.3 is 9.64 Å². The molecule has 7 nitrogen and oxygen atoms in total. The van der Waals surface area contributed by atoms with Gasteiger partial charge in [-0.25, -0.2) is 0 Å². The first-order valence-corrected chi connectivity index (χ1v) is 9.23. The van der Waals surface area contributed by atoms with Gasteiger partial charge in [-0.3, -0.25) is 14.1 Å². The molecule has 1 aliphatic rings. The number of hydrogen-bond acceptors (Lipinski definition) is 5. The second-order valence-electron chi connectivity index (χ2n) is 5.39. The third-order valence-electron chi connectivity index (χ3n) is 3.75. The zero-order valence-electron chi connectivity index (χ0n) is 12.7. The van der Waals surface area contributed by atoms with E-state index in [-0.39, 0.29) is 21.7 Å². The van der Waals surface area contributed by atoms with Crippen LogP contribution < -0.4 is 4.74 Å². The average molecular weight is 396 g/mol. The minimum Gasteiger partial charge on any atom is -0.423 e. The van der Waals surface area contributed by atoms with Crippen LogP contribution in [0.2, 0.25) is 10.0 Å². The highest BCUT2D eigenvalue weighted by molar-refractivity contribution is 7.85. The molecule has 2 rings (SSSR count). The van der Waals surface area contributed by atoms with Crippen molar-refractivity contribution in [3.63, 3.8) is 0 Å². The number of esters is 1. The Bertz CT molecular complexity index is 748. The van der Waals surface area contributed by atoms with Gasteiger partial charge in [0, 0.05) is 20.0 Å². The van der Waals surface area contributed by atoms with E-state index in [4.69, 9.17) is 32.5 Å². The Morgan fingerprint density at radius 3 is 2.12 bits per heavy atom. The Balaban J connectivity index is 2.11. The summed E-state index contributed by atoms with van der Waals surface area (Å²) in [6.45, 7) is 2.38. The van der Waals surface area contributed by atoms with E-state index < -0.39 is 26.9 Å². The summed E-state index contributed by atoms with van der Waals surface area (Å²) in [6.07, 6.45) is 0.910. The van der Waals surface area contributed by atoms with Crippen molar-refractivity contribution in [1.82, 2.24) is 4.90 Å². The number of ether oxygens (including phenoxy) is 1. The highest BCUT2D eigenvalue weighted by Gasteiger charge is 2.29. The number of carbonyl (C=O) groups excluding carboxylic acids is 2. The van der Waals surface area contributed by atoms with Crippen LogP contribution in [-0.2, 0) is 19.7 Å². The van der Waals surface area contributed by atoms with E-state index >= 15 is 0 Å². The van der Waals surface area contributed by atoms with Crippen LogP contribution >= 0.6 is 23.2 Å². The molecule has 1 saturated heterocycles. The maximum Gasteiger partial charge on any atom is 0.314 e. The van der Waals surface area contributed by atoms with Crippen molar-refractivity contribution in [2.24, 2.45) is 5.92 Å². The molecule has 0 bridgehead atoms. The van der Waals surface area contributed by atoms with E-state index in [0.717, 1.165) is 12.1 Å². The molecular formula is C14H15Cl2NO6S. The van der Waals surface area contributed by atoms with Crippen molar-refractivity contribution < 1.29 is 27.3 Å². The summed E-state index contributed by atoms with van der Waals surface area (Å²) in [6, 6.07) is 1.90. The maximum absolute atomic E-state index is 12.2. The second kappa shape index (κ2) is 7.26. The number of likely N-dealkylation sites (tertiary alicyclic amines) is 1.